The number of rotatable bonds is 5. The number of ketones is 2. The first kappa shape index (κ1) is 18.1. The Labute approximate surface area is 151 Å². The zero-order valence-electron chi connectivity index (χ0n) is 13.7. The Bertz CT molecular complexity index is 808. The van der Waals surface area contributed by atoms with Crippen LogP contribution in [0.1, 0.15) is 34.1 Å². The third-order valence-corrected chi connectivity index (χ3v) is 3.93. The van der Waals surface area contributed by atoms with E-state index in [1.165, 1.54) is 0 Å². The van der Waals surface area contributed by atoms with Crippen LogP contribution in [0.3, 0.4) is 0 Å². The van der Waals surface area contributed by atoms with Crippen LogP contribution in [0.5, 0.6) is 0 Å². The van der Waals surface area contributed by atoms with Crippen LogP contribution in [-0.2, 0) is 18.3 Å². The molecule has 0 unspecified atom stereocenters. The van der Waals surface area contributed by atoms with Gasteiger partial charge in [-0.15, -0.1) is 0 Å². The van der Waals surface area contributed by atoms with Crippen molar-refractivity contribution in [1.29, 1.82) is 0 Å². The summed E-state index contributed by atoms with van der Waals surface area (Å²) in [7, 11) is 1.96. The highest BCUT2D eigenvalue weighted by atomic mass is 79.9. The molecule has 6 heteroatoms. The molecular weight excluding hydrogens is 372 g/mol. The SMILES string of the molecule is CC1=C(OCCCn2cc[n+](C)c2)C(=O)c2ccccc2C1=O.[Br-]. The molecule has 1 aromatic carbocycles. The maximum Gasteiger partial charge on any atom is 0.243 e. The molecule has 24 heavy (non-hydrogen) atoms. The molecule has 0 amide bonds. The fraction of sp³-hybridized carbons (Fsp3) is 0.278. The number of imidazole rings is 1. The van der Waals surface area contributed by atoms with Gasteiger partial charge in [-0.2, -0.15) is 0 Å². The summed E-state index contributed by atoms with van der Waals surface area (Å²) in [4.78, 5) is 24.8. The summed E-state index contributed by atoms with van der Waals surface area (Å²) in [5.74, 6) is -0.149. The number of fused-ring (bicyclic) bond motifs is 1. The Morgan fingerprint density at radius 2 is 1.79 bits per heavy atom. The Morgan fingerprint density at radius 1 is 1.12 bits per heavy atom. The lowest BCUT2D eigenvalue weighted by Gasteiger charge is -2.19. The van der Waals surface area contributed by atoms with Gasteiger partial charge in [0.15, 0.2) is 11.5 Å². The van der Waals surface area contributed by atoms with Gasteiger partial charge in [0.1, 0.15) is 12.4 Å². The summed E-state index contributed by atoms with van der Waals surface area (Å²) < 4.78 is 9.67. The summed E-state index contributed by atoms with van der Waals surface area (Å²) in [6.07, 6.45) is 6.69. The number of carbonyl (C=O) groups excluding carboxylic acids is 2. The summed E-state index contributed by atoms with van der Waals surface area (Å²) in [6, 6.07) is 6.88. The highest BCUT2D eigenvalue weighted by Gasteiger charge is 2.30. The average molecular weight is 391 g/mol. The molecule has 5 nitrogen and oxygen atoms in total. The largest absolute Gasteiger partial charge is 1.00 e. The molecule has 2 aromatic rings. The third-order valence-electron chi connectivity index (χ3n) is 3.93. The quantitative estimate of drug-likeness (QED) is 0.489. The molecule has 0 N–H and O–H groups in total. The first-order chi connectivity index (χ1) is 11.1. The molecule has 0 atom stereocenters. The van der Waals surface area contributed by atoms with Gasteiger partial charge in [-0.3, -0.25) is 9.59 Å². The van der Waals surface area contributed by atoms with Gasteiger partial charge in [-0.05, 0) is 6.92 Å². The maximum absolute atomic E-state index is 12.5. The van der Waals surface area contributed by atoms with Crippen molar-refractivity contribution in [1.82, 2.24) is 4.57 Å². The number of nitrogens with zero attached hydrogens (tertiary/aromatic N) is 2. The normalized spacial score (nSPS) is 13.6. The predicted octanol–water partition coefficient (Wildman–Crippen LogP) is -0.923. The number of hydrogen-bond donors (Lipinski definition) is 0. The zero-order valence-corrected chi connectivity index (χ0v) is 15.2. The minimum atomic E-state index is -0.204. The van der Waals surface area contributed by atoms with E-state index < -0.39 is 0 Å². The van der Waals surface area contributed by atoms with Gasteiger partial charge < -0.3 is 21.7 Å². The lowest BCUT2D eigenvalue weighted by atomic mass is 9.89. The molecule has 1 aromatic heterocycles. The number of halogens is 1. The van der Waals surface area contributed by atoms with E-state index >= 15 is 0 Å². The summed E-state index contributed by atoms with van der Waals surface area (Å²) in [5, 5.41) is 0. The molecule has 0 bridgehead atoms. The van der Waals surface area contributed by atoms with E-state index in [2.05, 4.69) is 0 Å². The molecule has 0 fully saturated rings. The van der Waals surface area contributed by atoms with Crippen molar-refractivity contribution in [3.8, 4) is 0 Å². The molecule has 126 valence electrons. The number of allylic oxidation sites excluding steroid dienone is 2. The monoisotopic (exact) mass is 390 g/mol. The molecule has 0 saturated carbocycles. The lowest BCUT2D eigenvalue weighted by Crippen LogP contribution is -3.00. The van der Waals surface area contributed by atoms with Crippen molar-refractivity contribution >= 4 is 11.6 Å². The lowest BCUT2D eigenvalue weighted by molar-refractivity contribution is -0.671. The smallest absolute Gasteiger partial charge is 0.243 e. The Balaban J connectivity index is 0.00000208. The first-order valence-corrected chi connectivity index (χ1v) is 7.61. The van der Waals surface area contributed by atoms with Gasteiger partial charge in [0, 0.05) is 23.1 Å². The molecule has 1 aliphatic carbocycles. The fourth-order valence-electron chi connectivity index (χ4n) is 2.71. The zero-order chi connectivity index (χ0) is 16.4. The molecule has 1 heterocycles. The fourth-order valence-corrected chi connectivity index (χ4v) is 2.71. The molecule has 3 rings (SSSR count). The van der Waals surface area contributed by atoms with Crippen LogP contribution in [0.2, 0.25) is 0 Å². The molecule has 0 aliphatic heterocycles. The van der Waals surface area contributed by atoms with Gasteiger partial charge in [0.25, 0.3) is 0 Å². The molecule has 0 spiro atoms. The number of hydrogen-bond acceptors (Lipinski definition) is 3. The van der Waals surface area contributed by atoms with Crippen molar-refractivity contribution in [2.45, 2.75) is 19.9 Å². The number of benzene rings is 1. The van der Waals surface area contributed by atoms with Crippen molar-refractivity contribution in [2.24, 2.45) is 7.05 Å². The number of aromatic nitrogens is 2. The van der Waals surface area contributed by atoms with Gasteiger partial charge in [-0.25, -0.2) is 9.13 Å². The third kappa shape index (κ3) is 3.48. The van der Waals surface area contributed by atoms with Gasteiger partial charge in [-0.1, -0.05) is 24.3 Å². The minimum Gasteiger partial charge on any atom is -1.00 e. The Kier molecular flexibility index (Phi) is 5.72. The highest BCUT2D eigenvalue weighted by molar-refractivity contribution is 6.25. The molecule has 0 radical (unpaired) electrons. The molecule has 0 saturated heterocycles. The van der Waals surface area contributed by atoms with Crippen molar-refractivity contribution in [3.63, 3.8) is 0 Å². The highest BCUT2D eigenvalue weighted by Crippen LogP contribution is 2.26. The van der Waals surface area contributed by atoms with Crippen LogP contribution < -0.4 is 21.5 Å². The second-order valence-electron chi connectivity index (χ2n) is 5.68. The number of carbonyl (C=O) groups is 2. The van der Waals surface area contributed by atoms with Crippen LogP contribution in [0.4, 0.5) is 0 Å². The standard InChI is InChI=1S/C18H19N2O3.BrH/c1-13-16(21)14-6-3-4-7-15(14)17(22)18(13)23-11-5-8-20-10-9-19(2)12-20;/h3-4,6-7,9-10,12H,5,8,11H2,1-2H3;1H/q+1;/p-1. The molecule has 1 aliphatic rings. The number of aryl methyl sites for hydroxylation is 2. The van der Waals surface area contributed by atoms with Gasteiger partial charge in [0.2, 0.25) is 12.1 Å². The van der Waals surface area contributed by atoms with Crippen molar-refractivity contribution in [3.05, 3.63) is 65.4 Å². The van der Waals surface area contributed by atoms with E-state index in [0.717, 1.165) is 13.0 Å². The summed E-state index contributed by atoms with van der Waals surface area (Å²) >= 11 is 0. The van der Waals surface area contributed by atoms with E-state index in [1.54, 1.807) is 31.2 Å². The minimum absolute atomic E-state index is 0. The van der Waals surface area contributed by atoms with E-state index in [1.807, 2.05) is 34.9 Å². The van der Waals surface area contributed by atoms with Crippen LogP contribution in [0.25, 0.3) is 0 Å². The van der Waals surface area contributed by atoms with E-state index in [-0.39, 0.29) is 34.3 Å². The van der Waals surface area contributed by atoms with Crippen molar-refractivity contribution < 1.29 is 35.9 Å². The van der Waals surface area contributed by atoms with Crippen LogP contribution in [0.15, 0.2) is 54.3 Å². The summed E-state index contributed by atoms with van der Waals surface area (Å²) in [6.45, 7) is 2.85. The van der Waals surface area contributed by atoms with Crippen molar-refractivity contribution in [2.75, 3.05) is 6.61 Å². The molecular formula is C18H19BrN2O3. The van der Waals surface area contributed by atoms with E-state index in [4.69, 9.17) is 4.74 Å². The Hall–Kier alpha value is -2.21. The van der Waals surface area contributed by atoms with Crippen LogP contribution in [0, 0.1) is 0 Å². The first-order valence-electron chi connectivity index (χ1n) is 7.61. The Morgan fingerprint density at radius 3 is 2.42 bits per heavy atom. The van der Waals surface area contributed by atoms with Gasteiger partial charge >= 0.3 is 0 Å². The van der Waals surface area contributed by atoms with Crippen LogP contribution in [-0.4, -0.2) is 22.7 Å². The second-order valence-corrected chi connectivity index (χ2v) is 5.68. The predicted molar refractivity (Wildman–Crippen MR) is 84.0 cm³/mol. The van der Waals surface area contributed by atoms with Crippen LogP contribution >= 0.6 is 0 Å². The van der Waals surface area contributed by atoms with E-state index in [9.17, 15) is 9.59 Å². The van der Waals surface area contributed by atoms with Gasteiger partial charge in [0.05, 0.1) is 20.2 Å². The number of ether oxygens (including phenoxy) is 1. The maximum atomic E-state index is 12.5. The summed E-state index contributed by atoms with van der Waals surface area (Å²) in [5.41, 5.74) is 1.28. The second kappa shape index (κ2) is 7.57. The topological polar surface area (TPSA) is 52.2 Å². The number of Topliss-reactive ketones (excluding diaryl/α,β-unsaturated/α-hetero) is 2. The van der Waals surface area contributed by atoms with E-state index in [0.29, 0.717) is 23.3 Å². The average Bonchev–Trinajstić information content (AvgIpc) is 2.97.